The third-order valence-corrected chi connectivity index (χ3v) is 4.51. The Morgan fingerprint density at radius 3 is 2.62 bits per heavy atom. The maximum atomic E-state index is 12.7. The maximum Gasteiger partial charge on any atom is 0.261 e. The monoisotopic (exact) mass is 414 g/mol. The molecule has 0 aliphatic carbocycles. The highest BCUT2D eigenvalue weighted by Crippen LogP contribution is 2.25. The second kappa shape index (κ2) is 10.2. The van der Waals surface area contributed by atoms with Crippen LogP contribution >= 0.6 is 12.2 Å². The van der Waals surface area contributed by atoms with Crippen molar-refractivity contribution < 1.29 is 19.0 Å². The van der Waals surface area contributed by atoms with Gasteiger partial charge in [0.1, 0.15) is 18.1 Å². The van der Waals surface area contributed by atoms with Crippen LogP contribution in [-0.2, 0) is 4.74 Å². The van der Waals surface area contributed by atoms with Crippen molar-refractivity contribution in [3.05, 3.63) is 54.1 Å². The molecule has 6 nitrogen and oxygen atoms in total. The van der Waals surface area contributed by atoms with Crippen LogP contribution in [0.15, 0.2) is 48.5 Å². The van der Waals surface area contributed by atoms with Crippen LogP contribution in [0.2, 0.25) is 0 Å². The Bertz CT molecular complexity index is 850. The summed E-state index contributed by atoms with van der Waals surface area (Å²) in [4.78, 5) is 12.7. The summed E-state index contributed by atoms with van der Waals surface area (Å²) in [5, 5.41) is 5.93. The number of thiocarbonyl (C=S) groups is 1. The molecule has 0 spiro atoms. The first-order valence-electron chi connectivity index (χ1n) is 9.74. The van der Waals surface area contributed by atoms with E-state index < -0.39 is 0 Å². The van der Waals surface area contributed by atoms with Crippen molar-refractivity contribution in [3.8, 4) is 11.5 Å². The van der Waals surface area contributed by atoms with Crippen molar-refractivity contribution in [2.45, 2.75) is 38.9 Å². The molecular formula is C22H26N2O4S. The summed E-state index contributed by atoms with van der Waals surface area (Å²) in [6.45, 7) is 5.09. The molecule has 2 N–H and O–H groups in total. The number of ether oxygens (including phenoxy) is 3. The van der Waals surface area contributed by atoms with Gasteiger partial charge >= 0.3 is 0 Å². The Labute approximate surface area is 176 Å². The molecule has 0 aromatic heterocycles. The molecule has 1 saturated heterocycles. The van der Waals surface area contributed by atoms with E-state index in [1.54, 1.807) is 18.2 Å². The van der Waals surface area contributed by atoms with Gasteiger partial charge in [-0.25, -0.2) is 0 Å². The summed E-state index contributed by atoms with van der Waals surface area (Å²) in [5.74, 6) is 0.836. The predicted octanol–water partition coefficient (Wildman–Crippen LogP) is 4.16. The molecule has 2 aromatic carbocycles. The van der Waals surface area contributed by atoms with Crippen LogP contribution in [0.25, 0.3) is 0 Å². The highest BCUT2D eigenvalue weighted by atomic mass is 32.1. The second-order valence-corrected chi connectivity index (χ2v) is 7.42. The highest BCUT2D eigenvalue weighted by Gasteiger charge is 2.18. The Morgan fingerprint density at radius 2 is 1.90 bits per heavy atom. The van der Waals surface area contributed by atoms with Gasteiger partial charge in [0.25, 0.3) is 5.91 Å². The van der Waals surface area contributed by atoms with Gasteiger partial charge in [0.2, 0.25) is 0 Å². The number of amides is 1. The lowest BCUT2D eigenvalue weighted by atomic mass is 10.2. The Hall–Kier alpha value is -2.64. The lowest BCUT2D eigenvalue weighted by molar-refractivity contribution is 0.0682. The van der Waals surface area contributed by atoms with Crippen LogP contribution in [0.4, 0.5) is 5.69 Å². The van der Waals surface area contributed by atoms with E-state index in [9.17, 15) is 4.79 Å². The van der Waals surface area contributed by atoms with Crippen molar-refractivity contribution in [1.82, 2.24) is 5.32 Å². The second-order valence-electron chi connectivity index (χ2n) is 7.01. The van der Waals surface area contributed by atoms with Crippen LogP contribution in [0.3, 0.4) is 0 Å². The van der Waals surface area contributed by atoms with Gasteiger partial charge < -0.3 is 19.5 Å². The van der Waals surface area contributed by atoms with E-state index in [0.29, 0.717) is 29.4 Å². The molecule has 1 aliphatic heterocycles. The van der Waals surface area contributed by atoms with E-state index in [0.717, 1.165) is 19.4 Å². The molecule has 2 aromatic rings. The lowest BCUT2D eigenvalue weighted by Crippen LogP contribution is -2.34. The van der Waals surface area contributed by atoms with E-state index in [2.05, 4.69) is 10.6 Å². The fourth-order valence-electron chi connectivity index (χ4n) is 2.99. The highest BCUT2D eigenvalue weighted by molar-refractivity contribution is 7.80. The van der Waals surface area contributed by atoms with Crippen molar-refractivity contribution in [2.24, 2.45) is 0 Å². The first-order chi connectivity index (χ1) is 14.0. The minimum absolute atomic E-state index is 0.0399. The van der Waals surface area contributed by atoms with Gasteiger partial charge in [-0.3, -0.25) is 10.1 Å². The average molecular weight is 415 g/mol. The summed E-state index contributed by atoms with van der Waals surface area (Å²) in [5.41, 5.74) is 1.11. The molecule has 1 fully saturated rings. The zero-order valence-electron chi connectivity index (χ0n) is 16.6. The molecule has 3 rings (SSSR count). The van der Waals surface area contributed by atoms with E-state index in [1.165, 1.54) is 0 Å². The predicted molar refractivity (Wildman–Crippen MR) is 117 cm³/mol. The van der Waals surface area contributed by atoms with Crippen LogP contribution in [-0.4, -0.2) is 36.4 Å². The van der Waals surface area contributed by atoms with Crippen LogP contribution in [0, 0.1) is 0 Å². The number of para-hydroxylation sites is 3. The molecule has 154 valence electrons. The third-order valence-electron chi connectivity index (χ3n) is 4.31. The number of rotatable bonds is 7. The van der Waals surface area contributed by atoms with Gasteiger partial charge in [-0.15, -0.1) is 0 Å². The molecule has 7 heteroatoms. The molecule has 1 amide bonds. The normalized spacial score (nSPS) is 15.8. The fraction of sp³-hybridized carbons (Fsp3) is 0.364. The quantitative estimate of drug-likeness (QED) is 0.663. The smallest absolute Gasteiger partial charge is 0.261 e. The zero-order chi connectivity index (χ0) is 20.6. The van der Waals surface area contributed by atoms with Gasteiger partial charge in [-0.1, -0.05) is 24.3 Å². The Morgan fingerprint density at radius 1 is 1.17 bits per heavy atom. The van der Waals surface area contributed by atoms with Gasteiger partial charge in [-0.05, 0) is 63.2 Å². The van der Waals surface area contributed by atoms with E-state index >= 15 is 0 Å². The first-order valence-corrected chi connectivity index (χ1v) is 10.1. The topological polar surface area (TPSA) is 68.8 Å². The lowest BCUT2D eigenvalue weighted by Gasteiger charge is -2.17. The number of carbonyl (C=O) groups is 1. The van der Waals surface area contributed by atoms with Crippen molar-refractivity contribution in [3.63, 3.8) is 0 Å². The van der Waals surface area contributed by atoms with Crippen molar-refractivity contribution in [2.75, 3.05) is 18.5 Å². The minimum atomic E-state index is -0.337. The number of nitrogens with one attached hydrogen (secondary N) is 2. The van der Waals surface area contributed by atoms with Crippen molar-refractivity contribution >= 4 is 28.9 Å². The Balaban J connectivity index is 1.61. The molecule has 1 unspecified atom stereocenters. The molecule has 1 atom stereocenters. The molecule has 29 heavy (non-hydrogen) atoms. The third kappa shape index (κ3) is 6.17. The number of carbonyl (C=O) groups excluding carboxylic acids is 1. The van der Waals surface area contributed by atoms with Crippen LogP contribution in [0.5, 0.6) is 11.5 Å². The first kappa shape index (κ1) is 21.1. The number of benzene rings is 2. The van der Waals surface area contributed by atoms with Gasteiger partial charge in [0.15, 0.2) is 5.11 Å². The summed E-state index contributed by atoms with van der Waals surface area (Å²) < 4.78 is 17.2. The number of hydrogen-bond acceptors (Lipinski definition) is 5. The molecule has 0 radical (unpaired) electrons. The van der Waals surface area contributed by atoms with E-state index in [4.69, 9.17) is 26.4 Å². The van der Waals surface area contributed by atoms with E-state index in [-0.39, 0.29) is 23.2 Å². The van der Waals surface area contributed by atoms with E-state index in [1.807, 2.05) is 44.2 Å². The molecular weight excluding hydrogens is 388 g/mol. The average Bonchev–Trinajstić information content (AvgIpc) is 3.21. The summed E-state index contributed by atoms with van der Waals surface area (Å²) in [6, 6.07) is 14.5. The zero-order valence-corrected chi connectivity index (χ0v) is 17.5. The maximum absolute atomic E-state index is 12.7. The SMILES string of the molecule is CC(C)Oc1ccccc1C(=O)NC(=S)Nc1ccccc1OCC1CCCO1. The molecule has 0 bridgehead atoms. The standard InChI is InChI=1S/C22H26N2O4S/c1-15(2)28-19-11-5-3-9-17(19)21(25)24-22(29)23-18-10-4-6-12-20(18)27-14-16-8-7-13-26-16/h3-6,9-12,15-16H,7-8,13-14H2,1-2H3,(H2,23,24,25,29). The molecule has 0 saturated carbocycles. The van der Waals surface area contributed by atoms with Crippen molar-refractivity contribution in [1.29, 1.82) is 0 Å². The van der Waals surface area contributed by atoms with Gasteiger partial charge in [0, 0.05) is 6.61 Å². The molecule has 1 heterocycles. The van der Waals surface area contributed by atoms with Crippen LogP contribution in [0.1, 0.15) is 37.0 Å². The minimum Gasteiger partial charge on any atom is -0.490 e. The van der Waals surface area contributed by atoms with Gasteiger partial charge in [-0.2, -0.15) is 0 Å². The Kier molecular flexibility index (Phi) is 7.43. The summed E-state index contributed by atoms with van der Waals surface area (Å²) in [7, 11) is 0. The van der Waals surface area contributed by atoms with Crippen LogP contribution < -0.4 is 20.1 Å². The largest absolute Gasteiger partial charge is 0.490 e. The number of anilines is 1. The number of hydrogen-bond donors (Lipinski definition) is 2. The fourth-order valence-corrected chi connectivity index (χ4v) is 3.19. The summed E-state index contributed by atoms with van der Waals surface area (Å²) in [6.07, 6.45) is 2.14. The molecule has 1 aliphatic rings. The van der Waals surface area contributed by atoms with Gasteiger partial charge in [0.05, 0.1) is 23.5 Å². The summed E-state index contributed by atoms with van der Waals surface area (Å²) >= 11 is 5.33.